The van der Waals surface area contributed by atoms with Crippen molar-refractivity contribution in [1.29, 1.82) is 0 Å². The Bertz CT molecular complexity index is 1690. The van der Waals surface area contributed by atoms with Gasteiger partial charge in [-0.2, -0.15) is 0 Å². The summed E-state index contributed by atoms with van der Waals surface area (Å²) < 4.78 is 0. The van der Waals surface area contributed by atoms with Crippen molar-refractivity contribution in [2.75, 3.05) is 0 Å². The smallest absolute Gasteiger partial charge is 0.186 e. The molecule has 0 radical (unpaired) electrons. The molecule has 37 heavy (non-hydrogen) atoms. The number of hydrogen-bond acceptors (Lipinski definition) is 2. The predicted molar refractivity (Wildman–Crippen MR) is 147 cm³/mol. The second-order valence-corrected chi connectivity index (χ2v) is 9.56. The first-order valence-corrected chi connectivity index (χ1v) is 12.5. The molecule has 0 saturated carbocycles. The Kier molecular flexibility index (Phi) is 4.70. The number of carbonyl (C=O) groups excluding carboxylic acids is 2. The molecule has 174 valence electrons. The average molecular weight is 475 g/mol. The van der Waals surface area contributed by atoms with E-state index in [0.29, 0.717) is 11.1 Å². The van der Waals surface area contributed by atoms with Gasteiger partial charge in [0.1, 0.15) is 5.41 Å². The summed E-state index contributed by atoms with van der Waals surface area (Å²) in [6, 6.07) is 43.7. The number of carbonyl (C=O) groups is 2. The first-order chi connectivity index (χ1) is 18.2. The highest BCUT2D eigenvalue weighted by Crippen LogP contribution is 2.59. The van der Waals surface area contributed by atoms with Crippen LogP contribution in [-0.2, 0) is 5.41 Å². The van der Waals surface area contributed by atoms with Crippen molar-refractivity contribution in [1.82, 2.24) is 0 Å². The van der Waals surface area contributed by atoms with Crippen molar-refractivity contribution < 1.29 is 9.59 Å². The molecule has 0 bridgehead atoms. The first kappa shape index (κ1) is 21.5. The minimum absolute atomic E-state index is 0.147. The summed E-state index contributed by atoms with van der Waals surface area (Å²) in [5.41, 5.74) is 6.98. The zero-order valence-corrected chi connectivity index (χ0v) is 20.0. The van der Waals surface area contributed by atoms with Crippen LogP contribution in [0.1, 0.15) is 43.0 Å². The number of rotatable bonds is 3. The number of ketones is 2. The molecule has 0 amide bonds. The van der Waals surface area contributed by atoms with Gasteiger partial charge in [-0.1, -0.05) is 127 Å². The van der Waals surface area contributed by atoms with E-state index >= 15 is 0 Å². The van der Waals surface area contributed by atoms with Crippen LogP contribution in [0.2, 0.25) is 0 Å². The number of allylic oxidation sites excluding steroid dienone is 1. The van der Waals surface area contributed by atoms with E-state index in [1.54, 1.807) is 12.1 Å². The Morgan fingerprint density at radius 1 is 0.405 bits per heavy atom. The summed E-state index contributed by atoms with van der Waals surface area (Å²) in [4.78, 5) is 28.9. The Morgan fingerprint density at radius 2 is 0.892 bits per heavy atom. The molecule has 0 unspecified atom stereocenters. The lowest BCUT2D eigenvalue weighted by Crippen LogP contribution is -2.38. The van der Waals surface area contributed by atoms with Crippen molar-refractivity contribution in [2.45, 2.75) is 5.41 Å². The summed E-state index contributed by atoms with van der Waals surface area (Å²) >= 11 is 0. The van der Waals surface area contributed by atoms with Crippen molar-refractivity contribution in [3.8, 4) is 11.1 Å². The van der Waals surface area contributed by atoms with E-state index in [4.69, 9.17) is 0 Å². The van der Waals surface area contributed by atoms with Gasteiger partial charge in [-0.25, -0.2) is 0 Å². The second-order valence-electron chi connectivity index (χ2n) is 9.56. The predicted octanol–water partition coefficient (Wildman–Crippen LogP) is 7.64. The van der Waals surface area contributed by atoms with Gasteiger partial charge in [0.25, 0.3) is 0 Å². The average Bonchev–Trinajstić information content (AvgIpc) is 3.40. The van der Waals surface area contributed by atoms with Crippen LogP contribution in [0.4, 0.5) is 0 Å². The van der Waals surface area contributed by atoms with E-state index in [2.05, 4.69) is 30.3 Å². The van der Waals surface area contributed by atoms with Crippen molar-refractivity contribution in [2.24, 2.45) is 0 Å². The molecular formula is C35H22O2. The van der Waals surface area contributed by atoms with E-state index in [-0.39, 0.29) is 11.6 Å². The van der Waals surface area contributed by atoms with Crippen molar-refractivity contribution >= 4 is 22.7 Å². The quantitative estimate of drug-likeness (QED) is 0.252. The molecule has 2 heteroatoms. The van der Waals surface area contributed by atoms with Crippen LogP contribution in [0.3, 0.4) is 0 Å². The van der Waals surface area contributed by atoms with E-state index in [9.17, 15) is 9.59 Å². The lowest BCUT2D eigenvalue weighted by molar-refractivity contribution is 0.0845. The summed E-state index contributed by atoms with van der Waals surface area (Å²) in [6.07, 6.45) is 0. The van der Waals surface area contributed by atoms with Crippen LogP contribution in [0, 0.1) is 0 Å². The van der Waals surface area contributed by atoms with Crippen LogP contribution in [0.5, 0.6) is 0 Å². The topological polar surface area (TPSA) is 34.1 Å². The third-order valence-corrected chi connectivity index (χ3v) is 7.65. The maximum Gasteiger partial charge on any atom is 0.186 e. The SMILES string of the molecule is O=C1c2ccccc2C(=O)C12C(c1ccccc1)=C(c1ccccc1)c1cc(-c3ccccc3)ccc12. The van der Waals surface area contributed by atoms with Gasteiger partial charge in [0, 0.05) is 11.1 Å². The highest BCUT2D eigenvalue weighted by Gasteiger charge is 2.61. The lowest BCUT2D eigenvalue weighted by Gasteiger charge is -2.27. The van der Waals surface area contributed by atoms with Gasteiger partial charge in [0.2, 0.25) is 0 Å². The summed E-state index contributed by atoms with van der Waals surface area (Å²) in [5, 5.41) is 0. The fraction of sp³-hybridized carbons (Fsp3) is 0.0286. The summed E-state index contributed by atoms with van der Waals surface area (Å²) in [6.45, 7) is 0. The van der Waals surface area contributed by atoms with Crippen molar-refractivity contribution in [3.05, 3.63) is 167 Å². The fourth-order valence-corrected chi connectivity index (χ4v) is 6.07. The van der Waals surface area contributed by atoms with Gasteiger partial charge in [-0.15, -0.1) is 0 Å². The summed E-state index contributed by atoms with van der Waals surface area (Å²) in [7, 11) is 0. The van der Waals surface area contributed by atoms with Crippen LogP contribution in [0.15, 0.2) is 133 Å². The van der Waals surface area contributed by atoms with Crippen LogP contribution >= 0.6 is 0 Å². The molecule has 0 heterocycles. The fourth-order valence-electron chi connectivity index (χ4n) is 6.07. The molecule has 0 aromatic heterocycles. The number of fused-ring (bicyclic) bond motifs is 3. The van der Waals surface area contributed by atoms with Gasteiger partial charge in [-0.3, -0.25) is 9.59 Å². The molecule has 2 aliphatic rings. The molecule has 0 saturated heterocycles. The minimum atomic E-state index is -1.42. The van der Waals surface area contributed by atoms with Gasteiger partial charge in [-0.05, 0) is 50.6 Å². The third kappa shape index (κ3) is 2.93. The number of benzene rings is 5. The molecule has 5 aromatic carbocycles. The second kappa shape index (κ2) is 8.11. The molecular weight excluding hydrogens is 452 g/mol. The van der Waals surface area contributed by atoms with Gasteiger partial charge < -0.3 is 0 Å². The van der Waals surface area contributed by atoms with Crippen LogP contribution in [0.25, 0.3) is 22.3 Å². The highest BCUT2D eigenvalue weighted by atomic mass is 16.2. The highest BCUT2D eigenvalue weighted by molar-refractivity contribution is 6.43. The Labute approximate surface area is 215 Å². The van der Waals surface area contributed by atoms with E-state index < -0.39 is 5.41 Å². The maximum atomic E-state index is 14.5. The van der Waals surface area contributed by atoms with Crippen molar-refractivity contribution in [3.63, 3.8) is 0 Å². The molecule has 2 aliphatic carbocycles. The Morgan fingerprint density at radius 3 is 1.46 bits per heavy atom. The molecule has 5 aromatic rings. The summed E-state index contributed by atoms with van der Waals surface area (Å²) in [5.74, 6) is -0.293. The van der Waals surface area contributed by atoms with Crippen LogP contribution in [-0.4, -0.2) is 11.6 Å². The number of hydrogen-bond donors (Lipinski definition) is 0. The standard InChI is InChI=1S/C35H22O2/c36-33-27-18-10-11-19-28(27)34(37)35(33)30-21-20-26(23-12-4-1-5-13-23)22-29(30)31(24-14-6-2-7-15-24)32(35)25-16-8-3-9-17-25/h1-22H. The van der Waals surface area contributed by atoms with E-state index in [1.165, 1.54) is 0 Å². The Balaban J connectivity index is 1.63. The van der Waals surface area contributed by atoms with Gasteiger partial charge in [0.15, 0.2) is 11.6 Å². The minimum Gasteiger partial charge on any atom is -0.292 e. The molecule has 0 fully saturated rings. The Hall–Kier alpha value is -4.82. The van der Waals surface area contributed by atoms with Gasteiger partial charge in [0.05, 0.1) is 0 Å². The largest absolute Gasteiger partial charge is 0.292 e. The zero-order valence-electron chi connectivity index (χ0n) is 20.0. The van der Waals surface area contributed by atoms with Gasteiger partial charge >= 0.3 is 0 Å². The molecule has 0 N–H and O–H groups in total. The third-order valence-electron chi connectivity index (χ3n) is 7.65. The number of Topliss-reactive ketones (excluding diaryl/α,β-unsaturated/α-hetero) is 2. The molecule has 0 aliphatic heterocycles. The lowest BCUT2D eigenvalue weighted by atomic mass is 9.70. The molecule has 7 rings (SSSR count). The molecule has 2 nitrogen and oxygen atoms in total. The first-order valence-electron chi connectivity index (χ1n) is 12.5. The zero-order chi connectivity index (χ0) is 25.0. The molecule has 0 atom stereocenters. The molecule has 1 spiro atoms. The normalized spacial score (nSPS) is 15.2. The van der Waals surface area contributed by atoms with Crippen LogP contribution < -0.4 is 0 Å². The van der Waals surface area contributed by atoms with E-state index in [1.807, 2.05) is 91.0 Å². The monoisotopic (exact) mass is 474 g/mol. The maximum absolute atomic E-state index is 14.5. The van der Waals surface area contributed by atoms with E-state index in [0.717, 1.165) is 44.5 Å².